The van der Waals surface area contributed by atoms with Gasteiger partial charge in [-0.25, -0.2) is 0 Å². The van der Waals surface area contributed by atoms with Gasteiger partial charge in [0, 0.05) is 17.1 Å². The molecule has 3 rings (SSSR count). The fourth-order valence-electron chi connectivity index (χ4n) is 2.66. The van der Waals surface area contributed by atoms with Crippen molar-refractivity contribution >= 4 is 22.9 Å². The molecular formula is C16H17NOS. The number of rotatable bonds is 2. The molecule has 0 atom stereocenters. The van der Waals surface area contributed by atoms with E-state index in [-0.39, 0.29) is 5.91 Å². The molecule has 2 nitrogen and oxygen atoms in total. The number of aryl methyl sites for hydroxylation is 2. The number of hydrogen-bond donors (Lipinski definition) is 0. The minimum atomic E-state index is 0.151. The summed E-state index contributed by atoms with van der Waals surface area (Å²) in [4.78, 5) is 16.7. The summed E-state index contributed by atoms with van der Waals surface area (Å²) in [6.45, 7) is 5.03. The standard InChI is InChI=1S/C16H17NOS/c1-3-12-10-15(19-11(12)2)16(18)17-9-8-13-6-4-5-7-14(13)17/h4-7,10H,3,8-9H2,1-2H3. The Hall–Kier alpha value is -1.61. The van der Waals surface area contributed by atoms with Gasteiger partial charge in [-0.1, -0.05) is 25.1 Å². The number of carbonyl (C=O) groups excluding carboxylic acids is 1. The lowest BCUT2D eigenvalue weighted by atomic mass is 10.2. The van der Waals surface area contributed by atoms with Crippen molar-refractivity contribution in [2.24, 2.45) is 0 Å². The van der Waals surface area contributed by atoms with Crippen molar-refractivity contribution in [2.45, 2.75) is 26.7 Å². The molecule has 1 aromatic heterocycles. The van der Waals surface area contributed by atoms with E-state index >= 15 is 0 Å². The number of fused-ring (bicyclic) bond motifs is 1. The molecule has 0 bridgehead atoms. The highest BCUT2D eigenvalue weighted by Gasteiger charge is 2.26. The van der Waals surface area contributed by atoms with Gasteiger partial charge in [-0.15, -0.1) is 11.3 Å². The minimum absolute atomic E-state index is 0.151. The number of nitrogens with zero attached hydrogens (tertiary/aromatic N) is 1. The van der Waals surface area contributed by atoms with Crippen LogP contribution in [0.5, 0.6) is 0 Å². The summed E-state index contributed by atoms with van der Waals surface area (Å²) < 4.78 is 0. The van der Waals surface area contributed by atoms with Crippen molar-refractivity contribution in [3.05, 3.63) is 51.2 Å². The molecule has 1 aromatic carbocycles. The van der Waals surface area contributed by atoms with E-state index in [2.05, 4.69) is 26.0 Å². The van der Waals surface area contributed by atoms with Crippen LogP contribution in [0.2, 0.25) is 0 Å². The smallest absolute Gasteiger partial charge is 0.268 e. The molecule has 98 valence electrons. The SMILES string of the molecule is CCc1cc(C(=O)N2CCc3ccccc32)sc1C. The summed E-state index contributed by atoms with van der Waals surface area (Å²) in [6.07, 6.45) is 1.96. The second-order valence-electron chi connectivity index (χ2n) is 4.88. The van der Waals surface area contributed by atoms with E-state index in [1.807, 2.05) is 23.1 Å². The molecule has 0 saturated heterocycles. The number of thiophene rings is 1. The van der Waals surface area contributed by atoms with Crippen LogP contribution in [-0.4, -0.2) is 12.5 Å². The van der Waals surface area contributed by atoms with Gasteiger partial charge in [0.25, 0.3) is 5.91 Å². The van der Waals surface area contributed by atoms with Crippen molar-refractivity contribution < 1.29 is 4.79 Å². The van der Waals surface area contributed by atoms with Crippen molar-refractivity contribution in [3.8, 4) is 0 Å². The summed E-state index contributed by atoms with van der Waals surface area (Å²) in [7, 11) is 0. The van der Waals surface area contributed by atoms with Crippen LogP contribution >= 0.6 is 11.3 Å². The van der Waals surface area contributed by atoms with Gasteiger partial charge in [-0.3, -0.25) is 4.79 Å². The fraction of sp³-hybridized carbons (Fsp3) is 0.312. The van der Waals surface area contributed by atoms with Crippen molar-refractivity contribution in [2.75, 3.05) is 11.4 Å². The average Bonchev–Trinajstić information content (AvgIpc) is 3.01. The van der Waals surface area contributed by atoms with Crippen LogP contribution in [-0.2, 0) is 12.8 Å². The number of anilines is 1. The highest BCUT2D eigenvalue weighted by molar-refractivity contribution is 7.14. The predicted octanol–water partition coefficient (Wildman–Crippen LogP) is 3.82. The second-order valence-corrected chi connectivity index (χ2v) is 6.14. The first-order valence-electron chi connectivity index (χ1n) is 6.69. The Morgan fingerprint density at radius 3 is 2.89 bits per heavy atom. The monoisotopic (exact) mass is 271 g/mol. The van der Waals surface area contributed by atoms with Gasteiger partial charge in [0.1, 0.15) is 0 Å². The van der Waals surface area contributed by atoms with Crippen molar-refractivity contribution in [3.63, 3.8) is 0 Å². The van der Waals surface area contributed by atoms with E-state index < -0.39 is 0 Å². The van der Waals surface area contributed by atoms with Crippen molar-refractivity contribution in [1.82, 2.24) is 0 Å². The summed E-state index contributed by atoms with van der Waals surface area (Å²) in [5, 5.41) is 0. The molecule has 19 heavy (non-hydrogen) atoms. The summed E-state index contributed by atoms with van der Waals surface area (Å²) >= 11 is 1.62. The first-order chi connectivity index (χ1) is 9.20. The Balaban J connectivity index is 1.93. The van der Waals surface area contributed by atoms with Gasteiger partial charge in [0.2, 0.25) is 0 Å². The van der Waals surface area contributed by atoms with E-state index in [9.17, 15) is 4.79 Å². The largest absolute Gasteiger partial charge is 0.307 e. The third kappa shape index (κ3) is 2.08. The number of amides is 1. The van der Waals surface area contributed by atoms with Crippen LogP contribution in [0.25, 0.3) is 0 Å². The quantitative estimate of drug-likeness (QED) is 0.813. The van der Waals surface area contributed by atoms with Gasteiger partial charge in [0.15, 0.2) is 0 Å². The minimum Gasteiger partial charge on any atom is -0.307 e. The van der Waals surface area contributed by atoms with E-state index in [4.69, 9.17) is 0 Å². The number of carbonyl (C=O) groups is 1. The van der Waals surface area contributed by atoms with Gasteiger partial charge in [-0.2, -0.15) is 0 Å². The Bertz CT molecular complexity index is 629. The van der Waals surface area contributed by atoms with Crippen LogP contribution in [0, 0.1) is 6.92 Å². The van der Waals surface area contributed by atoms with E-state index in [0.29, 0.717) is 0 Å². The first-order valence-corrected chi connectivity index (χ1v) is 7.51. The molecule has 0 aliphatic carbocycles. The highest BCUT2D eigenvalue weighted by atomic mass is 32.1. The van der Waals surface area contributed by atoms with Crippen LogP contribution in [0.1, 0.15) is 32.6 Å². The molecule has 1 aliphatic heterocycles. The van der Waals surface area contributed by atoms with Gasteiger partial charge in [0.05, 0.1) is 4.88 Å². The lowest BCUT2D eigenvalue weighted by Crippen LogP contribution is -2.28. The Morgan fingerprint density at radius 2 is 2.16 bits per heavy atom. The summed E-state index contributed by atoms with van der Waals surface area (Å²) in [6, 6.07) is 10.3. The fourth-order valence-corrected chi connectivity index (χ4v) is 3.72. The third-order valence-electron chi connectivity index (χ3n) is 3.74. The summed E-state index contributed by atoms with van der Waals surface area (Å²) in [5.74, 6) is 0.151. The Morgan fingerprint density at radius 1 is 1.37 bits per heavy atom. The molecule has 1 aliphatic rings. The molecule has 0 spiro atoms. The maximum absolute atomic E-state index is 12.6. The molecule has 0 unspecified atom stereocenters. The highest BCUT2D eigenvalue weighted by Crippen LogP contribution is 2.31. The molecule has 0 saturated carbocycles. The lowest BCUT2D eigenvalue weighted by Gasteiger charge is -2.16. The Labute approximate surface area is 117 Å². The maximum atomic E-state index is 12.6. The van der Waals surface area contributed by atoms with Crippen LogP contribution in [0.4, 0.5) is 5.69 Å². The lowest BCUT2D eigenvalue weighted by molar-refractivity contribution is 0.0993. The molecule has 0 radical (unpaired) electrons. The predicted molar refractivity (Wildman–Crippen MR) is 80.3 cm³/mol. The van der Waals surface area contributed by atoms with Crippen LogP contribution in [0.15, 0.2) is 30.3 Å². The molecule has 0 fully saturated rings. The topological polar surface area (TPSA) is 20.3 Å². The molecule has 3 heteroatoms. The van der Waals surface area contributed by atoms with E-state index in [0.717, 1.165) is 30.0 Å². The number of hydrogen-bond acceptors (Lipinski definition) is 2. The van der Waals surface area contributed by atoms with Crippen LogP contribution < -0.4 is 4.90 Å². The van der Waals surface area contributed by atoms with Crippen molar-refractivity contribution in [1.29, 1.82) is 0 Å². The zero-order chi connectivity index (χ0) is 13.4. The number of benzene rings is 1. The van der Waals surface area contributed by atoms with Crippen LogP contribution in [0.3, 0.4) is 0 Å². The third-order valence-corrected chi connectivity index (χ3v) is 4.83. The second kappa shape index (κ2) is 4.82. The molecule has 1 amide bonds. The maximum Gasteiger partial charge on any atom is 0.268 e. The first kappa shape index (κ1) is 12.4. The zero-order valence-electron chi connectivity index (χ0n) is 11.3. The van der Waals surface area contributed by atoms with Gasteiger partial charge >= 0.3 is 0 Å². The van der Waals surface area contributed by atoms with E-state index in [1.54, 1.807) is 11.3 Å². The van der Waals surface area contributed by atoms with E-state index in [1.165, 1.54) is 16.0 Å². The summed E-state index contributed by atoms with van der Waals surface area (Å²) in [5.41, 5.74) is 3.65. The molecule has 0 N–H and O–H groups in total. The number of para-hydroxylation sites is 1. The molecule has 2 heterocycles. The molecule has 2 aromatic rings. The normalized spacial score (nSPS) is 13.7. The molecular weight excluding hydrogens is 254 g/mol. The Kier molecular flexibility index (Phi) is 3.15. The zero-order valence-corrected chi connectivity index (χ0v) is 12.1. The average molecular weight is 271 g/mol. The van der Waals surface area contributed by atoms with Gasteiger partial charge < -0.3 is 4.90 Å². The van der Waals surface area contributed by atoms with Gasteiger partial charge in [-0.05, 0) is 43.0 Å².